The quantitative estimate of drug-likeness (QED) is 0.686. The molecule has 0 bridgehead atoms. The van der Waals surface area contributed by atoms with Crippen molar-refractivity contribution in [3.8, 4) is 0 Å². The highest BCUT2D eigenvalue weighted by Crippen LogP contribution is 2.51. The first kappa shape index (κ1) is 14.6. The number of rotatable bonds is 6. The van der Waals surface area contributed by atoms with E-state index in [-0.39, 0.29) is 13.2 Å². The molecule has 90 valence electrons. The van der Waals surface area contributed by atoms with Gasteiger partial charge in [-0.3, -0.25) is 9.36 Å². The van der Waals surface area contributed by atoms with Crippen LogP contribution in [0.5, 0.6) is 0 Å². The SMILES string of the molecule is CCOP(=O)(OCC)C(N)C(=O)N(C)C. The van der Waals surface area contributed by atoms with Crippen molar-refractivity contribution < 1.29 is 18.4 Å². The van der Waals surface area contributed by atoms with Crippen LogP contribution in [-0.2, 0) is 18.4 Å². The lowest BCUT2D eigenvalue weighted by Crippen LogP contribution is -2.40. The number of nitrogens with zero attached hydrogens (tertiary/aromatic N) is 1. The summed E-state index contributed by atoms with van der Waals surface area (Å²) in [7, 11) is -0.469. The molecular weight excluding hydrogens is 219 g/mol. The van der Waals surface area contributed by atoms with Crippen molar-refractivity contribution in [2.45, 2.75) is 19.6 Å². The molecule has 0 rings (SSSR count). The van der Waals surface area contributed by atoms with E-state index in [9.17, 15) is 9.36 Å². The molecule has 2 N–H and O–H groups in total. The molecular formula is C8H19N2O4P. The Morgan fingerprint density at radius 3 is 2.00 bits per heavy atom. The topological polar surface area (TPSA) is 81.9 Å². The Labute approximate surface area is 90.2 Å². The molecule has 0 aromatic heterocycles. The van der Waals surface area contributed by atoms with Gasteiger partial charge >= 0.3 is 7.60 Å². The van der Waals surface area contributed by atoms with Crippen molar-refractivity contribution in [3.05, 3.63) is 0 Å². The van der Waals surface area contributed by atoms with Crippen LogP contribution in [0.25, 0.3) is 0 Å². The molecule has 0 saturated carbocycles. The Morgan fingerprint density at radius 1 is 1.33 bits per heavy atom. The van der Waals surface area contributed by atoms with Gasteiger partial charge in [0.05, 0.1) is 13.2 Å². The van der Waals surface area contributed by atoms with E-state index >= 15 is 0 Å². The number of hydrogen-bond donors (Lipinski definition) is 1. The normalized spacial score (nSPS) is 13.7. The Morgan fingerprint density at radius 2 is 1.73 bits per heavy atom. The number of amides is 1. The van der Waals surface area contributed by atoms with Crippen molar-refractivity contribution >= 4 is 13.5 Å². The fraction of sp³-hybridized carbons (Fsp3) is 0.875. The largest absolute Gasteiger partial charge is 0.356 e. The van der Waals surface area contributed by atoms with E-state index in [1.807, 2.05) is 0 Å². The maximum Gasteiger partial charge on any atom is 0.356 e. The second kappa shape index (κ2) is 6.23. The molecule has 15 heavy (non-hydrogen) atoms. The molecule has 0 heterocycles. The summed E-state index contributed by atoms with van der Waals surface area (Å²) < 4.78 is 22.0. The molecule has 0 aliphatic carbocycles. The van der Waals surface area contributed by atoms with Gasteiger partial charge in [0.25, 0.3) is 5.91 Å². The summed E-state index contributed by atoms with van der Waals surface area (Å²) in [5.74, 6) is -1.73. The van der Waals surface area contributed by atoms with Gasteiger partial charge in [-0.2, -0.15) is 0 Å². The molecule has 1 amide bonds. The third-order valence-corrected chi connectivity index (χ3v) is 3.79. The molecule has 0 fully saturated rings. The molecule has 6 nitrogen and oxygen atoms in total. The summed E-state index contributed by atoms with van der Waals surface area (Å²) in [6.45, 7) is 3.70. The van der Waals surface area contributed by atoms with Gasteiger partial charge < -0.3 is 19.7 Å². The van der Waals surface area contributed by atoms with Crippen LogP contribution in [0, 0.1) is 0 Å². The van der Waals surface area contributed by atoms with E-state index in [0.29, 0.717) is 0 Å². The molecule has 0 aromatic rings. The predicted octanol–water partition coefficient (Wildman–Crippen LogP) is 0.626. The van der Waals surface area contributed by atoms with E-state index in [4.69, 9.17) is 14.8 Å². The number of carbonyl (C=O) groups excluding carboxylic acids is 1. The summed E-state index contributed by atoms with van der Waals surface area (Å²) in [6, 6.07) is 0. The first-order valence-electron chi connectivity index (χ1n) is 4.74. The minimum Gasteiger partial charge on any atom is -0.347 e. The second-order valence-electron chi connectivity index (χ2n) is 3.05. The van der Waals surface area contributed by atoms with Crippen LogP contribution < -0.4 is 5.73 Å². The average molecular weight is 238 g/mol. The van der Waals surface area contributed by atoms with Gasteiger partial charge in [-0.05, 0) is 13.8 Å². The maximum absolute atomic E-state index is 12.0. The summed E-state index contributed by atoms with van der Waals surface area (Å²) >= 11 is 0. The second-order valence-corrected chi connectivity index (χ2v) is 5.21. The van der Waals surface area contributed by atoms with Crippen LogP contribution in [0.3, 0.4) is 0 Å². The van der Waals surface area contributed by atoms with Crippen molar-refractivity contribution in [2.24, 2.45) is 5.73 Å². The first-order chi connectivity index (χ1) is 6.89. The zero-order valence-electron chi connectivity index (χ0n) is 9.60. The number of nitrogens with two attached hydrogens (primary N) is 1. The van der Waals surface area contributed by atoms with Crippen molar-refractivity contribution in [2.75, 3.05) is 27.3 Å². The van der Waals surface area contributed by atoms with E-state index in [1.54, 1.807) is 13.8 Å². The standard InChI is InChI=1S/C8H19N2O4P/c1-5-13-15(12,14-6-2)7(9)8(11)10(3)4/h7H,5-6,9H2,1-4H3. The Hall–Kier alpha value is -0.420. The smallest absolute Gasteiger partial charge is 0.347 e. The molecule has 0 spiro atoms. The first-order valence-corrected chi connectivity index (χ1v) is 6.35. The highest BCUT2D eigenvalue weighted by Gasteiger charge is 2.38. The third kappa shape index (κ3) is 3.91. The molecule has 1 atom stereocenters. The molecule has 1 unspecified atom stereocenters. The van der Waals surface area contributed by atoms with E-state index in [2.05, 4.69) is 0 Å². The van der Waals surface area contributed by atoms with Gasteiger partial charge in [0.1, 0.15) is 0 Å². The van der Waals surface area contributed by atoms with Crippen molar-refractivity contribution in [1.29, 1.82) is 0 Å². The number of hydrogen-bond acceptors (Lipinski definition) is 5. The lowest BCUT2D eigenvalue weighted by Gasteiger charge is -2.24. The monoisotopic (exact) mass is 238 g/mol. The fourth-order valence-corrected chi connectivity index (χ4v) is 2.57. The van der Waals surface area contributed by atoms with Crippen molar-refractivity contribution in [1.82, 2.24) is 4.90 Å². The Kier molecular flexibility index (Phi) is 6.05. The Balaban J connectivity index is 4.76. The lowest BCUT2D eigenvalue weighted by molar-refractivity contribution is -0.128. The van der Waals surface area contributed by atoms with Gasteiger partial charge in [-0.25, -0.2) is 0 Å². The van der Waals surface area contributed by atoms with Crippen molar-refractivity contribution in [3.63, 3.8) is 0 Å². The summed E-state index contributed by atoms with van der Waals surface area (Å²) in [6.07, 6.45) is 0. The van der Waals surface area contributed by atoms with Gasteiger partial charge in [-0.15, -0.1) is 0 Å². The molecule has 0 aliphatic heterocycles. The number of likely N-dealkylation sites (N-methyl/N-ethyl adjacent to an activating group) is 1. The van der Waals surface area contributed by atoms with Crippen LogP contribution in [0.1, 0.15) is 13.8 Å². The van der Waals surface area contributed by atoms with Crippen LogP contribution in [0.4, 0.5) is 0 Å². The van der Waals surface area contributed by atoms with Crippen LogP contribution >= 0.6 is 7.60 Å². The summed E-state index contributed by atoms with van der Waals surface area (Å²) in [5.41, 5.74) is 5.56. The Bertz CT molecular complexity index is 247. The highest BCUT2D eigenvalue weighted by atomic mass is 31.2. The molecule has 0 saturated heterocycles. The maximum atomic E-state index is 12.0. The summed E-state index contributed by atoms with van der Waals surface area (Å²) in [5, 5.41) is 0. The zero-order chi connectivity index (χ0) is 12.1. The van der Waals surface area contributed by atoms with Gasteiger partial charge in [0, 0.05) is 14.1 Å². The third-order valence-electron chi connectivity index (χ3n) is 1.65. The zero-order valence-corrected chi connectivity index (χ0v) is 10.5. The van der Waals surface area contributed by atoms with Crippen LogP contribution in [0.15, 0.2) is 0 Å². The summed E-state index contributed by atoms with van der Waals surface area (Å²) in [4.78, 5) is 12.8. The highest BCUT2D eigenvalue weighted by molar-refractivity contribution is 7.55. The van der Waals surface area contributed by atoms with E-state index < -0.39 is 19.3 Å². The fourth-order valence-electron chi connectivity index (χ4n) is 0.958. The van der Waals surface area contributed by atoms with Crippen LogP contribution in [0.2, 0.25) is 0 Å². The number of carbonyl (C=O) groups is 1. The van der Waals surface area contributed by atoms with Gasteiger partial charge in [0.2, 0.25) is 0 Å². The van der Waals surface area contributed by atoms with Gasteiger partial charge in [-0.1, -0.05) is 0 Å². The predicted molar refractivity (Wildman–Crippen MR) is 57.5 cm³/mol. The molecule has 7 heteroatoms. The minimum absolute atomic E-state index is 0.186. The van der Waals surface area contributed by atoms with Crippen LogP contribution in [-0.4, -0.2) is 43.9 Å². The average Bonchev–Trinajstić information content (AvgIpc) is 2.16. The molecule has 0 aliphatic rings. The lowest BCUT2D eigenvalue weighted by atomic mass is 10.6. The van der Waals surface area contributed by atoms with E-state index in [0.717, 1.165) is 0 Å². The molecule has 0 radical (unpaired) electrons. The van der Waals surface area contributed by atoms with Gasteiger partial charge in [0.15, 0.2) is 5.78 Å². The minimum atomic E-state index is -3.53. The molecule has 0 aromatic carbocycles. The van der Waals surface area contributed by atoms with E-state index in [1.165, 1.54) is 19.0 Å².